The van der Waals surface area contributed by atoms with Crippen LogP contribution >= 0.6 is 0 Å². The summed E-state index contributed by atoms with van der Waals surface area (Å²) in [5.41, 5.74) is 11.4. The summed E-state index contributed by atoms with van der Waals surface area (Å²) in [7, 11) is 4.10. The molecule has 4 N–H and O–H groups in total. The molecule has 6 nitrogen and oxygen atoms in total. The summed E-state index contributed by atoms with van der Waals surface area (Å²) >= 11 is 0. The molecular weight excluding hydrogens is 228 g/mol. The van der Waals surface area contributed by atoms with Crippen molar-refractivity contribution < 1.29 is 0 Å². The highest BCUT2D eigenvalue weighted by atomic mass is 15.2. The van der Waals surface area contributed by atoms with E-state index in [-0.39, 0.29) is 5.95 Å². The summed E-state index contributed by atoms with van der Waals surface area (Å²) in [6, 6.07) is 1.77. The predicted octanol–water partition coefficient (Wildman–Crippen LogP) is 0.665. The molecule has 1 heterocycles. The van der Waals surface area contributed by atoms with Crippen LogP contribution in [0.4, 0.5) is 17.6 Å². The number of likely N-dealkylation sites (N-methyl/N-ethyl adjacent to an activating group) is 1. The molecule has 0 radical (unpaired) electrons. The minimum Gasteiger partial charge on any atom is -0.383 e. The maximum Gasteiger partial charge on any atom is 0.223 e. The zero-order chi connectivity index (χ0) is 13.7. The summed E-state index contributed by atoms with van der Waals surface area (Å²) in [4.78, 5) is 12.5. The zero-order valence-corrected chi connectivity index (χ0v) is 11.7. The molecule has 0 amide bonds. The highest BCUT2D eigenvalue weighted by Crippen LogP contribution is 2.16. The molecule has 1 rings (SSSR count). The van der Waals surface area contributed by atoms with Crippen molar-refractivity contribution in [2.45, 2.75) is 13.8 Å². The van der Waals surface area contributed by atoms with Crippen molar-refractivity contribution >= 4 is 17.6 Å². The molecule has 18 heavy (non-hydrogen) atoms. The lowest BCUT2D eigenvalue weighted by molar-refractivity contribution is 0.408. The minimum atomic E-state index is 0.226. The first-order chi connectivity index (χ1) is 8.38. The minimum absolute atomic E-state index is 0.226. The van der Waals surface area contributed by atoms with Crippen molar-refractivity contribution in [3.63, 3.8) is 0 Å². The SMILES string of the molecule is CC(C)CN(CCN(C)C)c1cc(N)nc(N)n1. The Morgan fingerprint density at radius 3 is 2.33 bits per heavy atom. The van der Waals surface area contributed by atoms with Crippen LogP contribution in [0.5, 0.6) is 0 Å². The van der Waals surface area contributed by atoms with E-state index in [1.807, 2.05) is 0 Å². The van der Waals surface area contributed by atoms with Crippen molar-refractivity contribution in [2.24, 2.45) is 5.92 Å². The maximum atomic E-state index is 5.72. The Hall–Kier alpha value is -1.56. The van der Waals surface area contributed by atoms with Crippen LogP contribution in [0.25, 0.3) is 0 Å². The van der Waals surface area contributed by atoms with E-state index in [4.69, 9.17) is 11.5 Å². The third kappa shape index (κ3) is 4.75. The summed E-state index contributed by atoms with van der Waals surface area (Å²) in [6.07, 6.45) is 0. The van der Waals surface area contributed by atoms with Gasteiger partial charge in [0.05, 0.1) is 0 Å². The third-order valence-electron chi connectivity index (χ3n) is 2.48. The number of aromatic nitrogens is 2. The lowest BCUT2D eigenvalue weighted by atomic mass is 10.2. The molecule has 0 aromatic carbocycles. The molecule has 0 spiro atoms. The van der Waals surface area contributed by atoms with Crippen LogP contribution in [0.3, 0.4) is 0 Å². The van der Waals surface area contributed by atoms with Gasteiger partial charge in [-0.15, -0.1) is 0 Å². The maximum absolute atomic E-state index is 5.72. The number of hydrogen-bond donors (Lipinski definition) is 2. The third-order valence-corrected chi connectivity index (χ3v) is 2.48. The molecule has 0 unspecified atom stereocenters. The average Bonchev–Trinajstić information content (AvgIpc) is 2.22. The number of nitrogens with two attached hydrogens (primary N) is 2. The van der Waals surface area contributed by atoms with Gasteiger partial charge in [0.1, 0.15) is 11.6 Å². The van der Waals surface area contributed by atoms with Crippen molar-refractivity contribution in [1.82, 2.24) is 14.9 Å². The molecule has 0 aliphatic rings. The smallest absolute Gasteiger partial charge is 0.223 e. The Morgan fingerprint density at radius 1 is 1.17 bits per heavy atom. The molecule has 0 aliphatic carbocycles. The van der Waals surface area contributed by atoms with Crippen molar-refractivity contribution in [3.8, 4) is 0 Å². The summed E-state index contributed by atoms with van der Waals surface area (Å²) in [5.74, 6) is 1.99. The van der Waals surface area contributed by atoms with Crippen molar-refractivity contribution in [1.29, 1.82) is 0 Å². The van der Waals surface area contributed by atoms with Gasteiger partial charge in [0.2, 0.25) is 5.95 Å². The molecule has 0 atom stereocenters. The molecular formula is C12H24N6. The second-order valence-electron chi connectivity index (χ2n) is 5.15. The van der Waals surface area contributed by atoms with E-state index in [0.29, 0.717) is 11.7 Å². The van der Waals surface area contributed by atoms with E-state index in [1.165, 1.54) is 0 Å². The highest BCUT2D eigenvalue weighted by molar-refractivity contribution is 5.50. The predicted molar refractivity (Wildman–Crippen MR) is 76.5 cm³/mol. The van der Waals surface area contributed by atoms with E-state index < -0.39 is 0 Å². The second-order valence-corrected chi connectivity index (χ2v) is 5.15. The molecule has 0 fully saturated rings. The number of rotatable bonds is 6. The molecule has 0 saturated carbocycles. The normalized spacial score (nSPS) is 11.2. The Morgan fingerprint density at radius 2 is 1.83 bits per heavy atom. The van der Waals surface area contributed by atoms with Crippen LogP contribution in [-0.2, 0) is 0 Å². The Labute approximate surface area is 109 Å². The first kappa shape index (κ1) is 14.5. The molecule has 6 heteroatoms. The van der Waals surface area contributed by atoms with Gasteiger partial charge in [0, 0.05) is 25.7 Å². The second kappa shape index (κ2) is 6.39. The molecule has 102 valence electrons. The van der Waals surface area contributed by atoms with Crippen LogP contribution in [0.15, 0.2) is 6.07 Å². The van der Waals surface area contributed by atoms with Crippen LogP contribution in [0, 0.1) is 5.92 Å². The fraction of sp³-hybridized carbons (Fsp3) is 0.667. The van der Waals surface area contributed by atoms with Crippen LogP contribution < -0.4 is 16.4 Å². The fourth-order valence-corrected chi connectivity index (χ4v) is 1.69. The molecule has 0 saturated heterocycles. The molecule has 0 aliphatic heterocycles. The fourth-order valence-electron chi connectivity index (χ4n) is 1.69. The Bertz CT molecular complexity index is 357. The van der Waals surface area contributed by atoms with Gasteiger partial charge in [0.15, 0.2) is 0 Å². The molecule has 1 aromatic rings. The topological polar surface area (TPSA) is 84.3 Å². The van der Waals surface area contributed by atoms with Crippen LogP contribution in [-0.4, -0.2) is 48.6 Å². The van der Waals surface area contributed by atoms with E-state index >= 15 is 0 Å². The van der Waals surface area contributed by atoms with Gasteiger partial charge >= 0.3 is 0 Å². The monoisotopic (exact) mass is 252 g/mol. The largest absolute Gasteiger partial charge is 0.383 e. The van der Waals surface area contributed by atoms with Gasteiger partial charge in [-0.1, -0.05) is 13.8 Å². The number of hydrogen-bond acceptors (Lipinski definition) is 6. The van der Waals surface area contributed by atoms with Gasteiger partial charge in [0.25, 0.3) is 0 Å². The van der Waals surface area contributed by atoms with Crippen LogP contribution in [0.2, 0.25) is 0 Å². The van der Waals surface area contributed by atoms with Crippen LogP contribution in [0.1, 0.15) is 13.8 Å². The van der Waals surface area contributed by atoms with Gasteiger partial charge in [-0.05, 0) is 20.0 Å². The molecule has 1 aromatic heterocycles. The Balaban J connectivity index is 2.86. The quantitative estimate of drug-likeness (QED) is 0.774. The van der Waals surface area contributed by atoms with E-state index in [9.17, 15) is 0 Å². The number of nitrogens with zero attached hydrogens (tertiary/aromatic N) is 4. The Kier molecular flexibility index (Phi) is 5.15. The van der Waals surface area contributed by atoms with Gasteiger partial charge in [-0.25, -0.2) is 0 Å². The zero-order valence-electron chi connectivity index (χ0n) is 11.7. The van der Waals surface area contributed by atoms with Crippen molar-refractivity contribution in [3.05, 3.63) is 6.07 Å². The standard InChI is InChI=1S/C12H24N6/c1-9(2)8-18(6-5-17(3)4)11-7-10(13)15-12(14)16-11/h7,9H,5-6,8H2,1-4H3,(H4,13,14,15,16). The van der Waals surface area contributed by atoms with Gasteiger partial charge in [-0.2, -0.15) is 9.97 Å². The summed E-state index contributed by atoms with van der Waals surface area (Å²) in [5, 5.41) is 0. The van der Waals surface area contributed by atoms with E-state index in [0.717, 1.165) is 25.5 Å². The van der Waals surface area contributed by atoms with E-state index in [2.05, 4.69) is 47.7 Å². The molecule has 0 bridgehead atoms. The van der Waals surface area contributed by atoms with Gasteiger partial charge < -0.3 is 21.3 Å². The number of anilines is 3. The summed E-state index contributed by atoms with van der Waals surface area (Å²) < 4.78 is 0. The summed E-state index contributed by atoms with van der Waals surface area (Å²) in [6.45, 7) is 7.12. The average molecular weight is 252 g/mol. The van der Waals surface area contributed by atoms with E-state index in [1.54, 1.807) is 6.07 Å². The number of nitrogen functional groups attached to an aromatic ring is 2. The first-order valence-electron chi connectivity index (χ1n) is 6.18. The van der Waals surface area contributed by atoms with Crippen molar-refractivity contribution in [2.75, 3.05) is 50.1 Å². The lowest BCUT2D eigenvalue weighted by Crippen LogP contribution is -2.35. The van der Waals surface area contributed by atoms with Gasteiger partial charge in [-0.3, -0.25) is 0 Å². The first-order valence-corrected chi connectivity index (χ1v) is 6.18. The highest BCUT2D eigenvalue weighted by Gasteiger charge is 2.12. The lowest BCUT2D eigenvalue weighted by Gasteiger charge is -2.27.